The second kappa shape index (κ2) is 11.2. The van der Waals surface area contributed by atoms with Crippen LogP contribution in [0.25, 0.3) is 0 Å². The largest absolute Gasteiger partial charge is 0.421 e. The van der Waals surface area contributed by atoms with Gasteiger partial charge >= 0.3 is 5.97 Å². The number of hydrogen-bond donors (Lipinski definition) is 0. The summed E-state index contributed by atoms with van der Waals surface area (Å²) in [4.78, 5) is 22.8. The van der Waals surface area contributed by atoms with Crippen molar-refractivity contribution in [1.29, 1.82) is 0 Å². The van der Waals surface area contributed by atoms with Gasteiger partial charge in [-0.25, -0.2) is 4.79 Å². The molecule has 5 nitrogen and oxygen atoms in total. The average Bonchev–Trinajstić information content (AvgIpc) is 2.76. The van der Waals surface area contributed by atoms with Crippen molar-refractivity contribution >= 4 is 43.5 Å². The van der Waals surface area contributed by atoms with Gasteiger partial charge in [0, 0.05) is 12.1 Å². The third-order valence-corrected chi connectivity index (χ3v) is 7.24. The topological polar surface area (TPSA) is 69.4 Å². The number of rotatable bonds is 8. The highest BCUT2D eigenvalue weighted by Gasteiger charge is 2.24. The van der Waals surface area contributed by atoms with Gasteiger partial charge in [-0.15, -0.1) is 0 Å². The molecule has 1 saturated carbocycles. The molecule has 1 aliphatic carbocycles. The number of nitro benzene ring substituents is 1. The molecule has 1 aliphatic rings. The molecule has 2 aromatic carbocycles. The molecule has 0 amide bonds. The molecule has 0 atom stereocenters. The van der Waals surface area contributed by atoms with E-state index in [1.165, 1.54) is 81.2 Å². The lowest BCUT2D eigenvalue weighted by Gasteiger charge is -2.29. The van der Waals surface area contributed by atoms with E-state index in [-0.39, 0.29) is 11.3 Å². The Morgan fingerprint density at radius 1 is 1.06 bits per heavy atom. The van der Waals surface area contributed by atoms with Crippen molar-refractivity contribution in [2.45, 2.75) is 64.2 Å². The van der Waals surface area contributed by atoms with Crippen LogP contribution in [-0.4, -0.2) is 10.9 Å². The predicted molar refractivity (Wildman–Crippen MR) is 129 cm³/mol. The van der Waals surface area contributed by atoms with Crippen LogP contribution in [0.4, 0.5) is 5.69 Å². The number of hydrogen-bond acceptors (Lipinski definition) is 4. The fourth-order valence-corrected chi connectivity index (χ4v) is 5.63. The van der Waals surface area contributed by atoms with Crippen LogP contribution in [0.2, 0.25) is 0 Å². The van der Waals surface area contributed by atoms with Gasteiger partial charge in [0.25, 0.3) is 5.69 Å². The van der Waals surface area contributed by atoms with Gasteiger partial charge in [0.15, 0.2) is 5.75 Å². The van der Waals surface area contributed by atoms with Crippen molar-refractivity contribution in [2.75, 3.05) is 0 Å². The summed E-state index contributed by atoms with van der Waals surface area (Å²) in [7, 11) is 0. The zero-order valence-electron chi connectivity index (χ0n) is 17.6. The van der Waals surface area contributed by atoms with E-state index < -0.39 is 10.9 Å². The third-order valence-electron chi connectivity index (χ3n) is 6.06. The minimum absolute atomic E-state index is 0.0663. The van der Waals surface area contributed by atoms with E-state index in [1.54, 1.807) is 0 Å². The summed E-state index contributed by atoms with van der Waals surface area (Å²) in [5.74, 6) is 1.24. The Morgan fingerprint density at radius 2 is 1.68 bits per heavy atom. The average molecular weight is 553 g/mol. The highest BCUT2D eigenvalue weighted by molar-refractivity contribution is 9.11. The summed E-state index contributed by atoms with van der Waals surface area (Å²) in [5.41, 5.74) is 1.44. The summed E-state index contributed by atoms with van der Waals surface area (Å²) < 4.78 is 7.01. The summed E-state index contributed by atoms with van der Waals surface area (Å²) >= 11 is 7.11. The van der Waals surface area contributed by atoms with Gasteiger partial charge in [0.1, 0.15) is 0 Å². The maximum absolute atomic E-state index is 12.5. The molecule has 0 bridgehead atoms. The lowest BCUT2D eigenvalue weighted by Crippen LogP contribution is -2.14. The minimum Gasteiger partial charge on any atom is -0.421 e. The zero-order chi connectivity index (χ0) is 22.4. The highest BCUT2D eigenvalue weighted by Crippen LogP contribution is 2.42. The van der Waals surface area contributed by atoms with Crippen LogP contribution >= 0.6 is 31.9 Å². The van der Waals surface area contributed by atoms with Crippen molar-refractivity contribution < 1.29 is 14.5 Å². The molecule has 3 rings (SSSR count). The van der Waals surface area contributed by atoms with Crippen LogP contribution in [0.3, 0.4) is 0 Å². The van der Waals surface area contributed by atoms with Crippen LogP contribution in [0.15, 0.2) is 45.3 Å². The Balaban J connectivity index is 1.64. The molecular formula is C24H27Br2NO4. The molecule has 1 fully saturated rings. The lowest BCUT2D eigenvalue weighted by atomic mass is 9.77. The number of unbranched alkanes of at least 4 members (excludes halogenated alkanes) is 2. The fraction of sp³-hybridized carbons (Fsp3) is 0.458. The Labute approximate surface area is 200 Å². The summed E-state index contributed by atoms with van der Waals surface area (Å²) in [5, 5.41) is 10.8. The molecule has 0 aromatic heterocycles. The van der Waals surface area contributed by atoms with Gasteiger partial charge in [-0.2, -0.15) is 0 Å². The van der Waals surface area contributed by atoms with E-state index in [0.29, 0.717) is 11.7 Å². The highest BCUT2D eigenvalue weighted by atomic mass is 79.9. The maximum atomic E-state index is 12.5. The molecule has 31 heavy (non-hydrogen) atoms. The van der Waals surface area contributed by atoms with Crippen molar-refractivity contribution in [3.8, 4) is 5.75 Å². The van der Waals surface area contributed by atoms with Gasteiger partial charge in [-0.05, 0) is 99.2 Å². The first kappa shape index (κ1) is 23.9. The number of carbonyl (C=O) groups excluding carboxylic acids is 1. The first-order valence-corrected chi connectivity index (χ1v) is 12.4. The van der Waals surface area contributed by atoms with Gasteiger partial charge in [-0.3, -0.25) is 10.1 Å². The maximum Gasteiger partial charge on any atom is 0.343 e. The molecule has 0 aliphatic heterocycles. The van der Waals surface area contributed by atoms with E-state index in [9.17, 15) is 14.9 Å². The molecule has 166 valence electrons. The Kier molecular flexibility index (Phi) is 8.67. The van der Waals surface area contributed by atoms with Crippen LogP contribution in [0.5, 0.6) is 5.75 Å². The van der Waals surface area contributed by atoms with Crippen molar-refractivity contribution in [1.82, 2.24) is 0 Å². The van der Waals surface area contributed by atoms with Crippen LogP contribution < -0.4 is 4.74 Å². The first-order valence-electron chi connectivity index (χ1n) is 10.8. The number of ether oxygens (including phenoxy) is 1. The molecular weight excluding hydrogens is 526 g/mol. The number of benzene rings is 2. The summed E-state index contributed by atoms with van der Waals surface area (Å²) in [6.45, 7) is 2.25. The van der Waals surface area contributed by atoms with E-state index >= 15 is 0 Å². The van der Waals surface area contributed by atoms with E-state index in [2.05, 4.69) is 38.8 Å². The Morgan fingerprint density at radius 3 is 2.23 bits per heavy atom. The number of nitrogens with zero attached hydrogens (tertiary/aromatic N) is 1. The summed E-state index contributed by atoms with van der Waals surface area (Å²) in [6.07, 6.45) is 10.2. The van der Waals surface area contributed by atoms with E-state index in [1.807, 2.05) is 12.1 Å². The van der Waals surface area contributed by atoms with Crippen LogP contribution in [-0.2, 0) is 0 Å². The monoisotopic (exact) mass is 551 g/mol. The van der Waals surface area contributed by atoms with Crippen LogP contribution in [0.1, 0.15) is 80.1 Å². The number of non-ortho nitro benzene ring substituents is 1. The van der Waals surface area contributed by atoms with E-state index in [4.69, 9.17) is 4.74 Å². The molecule has 0 unspecified atom stereocenters. The Hall–Kier alpha value is -1.73. The predicted octanol–water partition coefficient (Wildman–Crippen LogP) is 8.19. The molecule has 0 saturated heterocycles. The molecule has 7 heteroatoms. The molecule has 2 aromatic rings. The second-order valence-corrected chi connectivity index (χ2v) is 9.93. The minimum atomic E-state index is -0.559. The van der Waals surface area contributed by atoms with Gasteiger partial charge < -0.3 is 4.74 Å². The van der Waals surface area contributed by atoms with Gasteiger partial charge in [0.05, 0.1) is 19.4 Å². The normalized spacial score (nSPS) is 18.5. The summed E-state index contributed by atoms with van der Waals surface area (Å²) in [6, 6.07) is 9.48. The fourth-order valence-electron chi connectivity index (χ4n) is 4.25. The number of nitro groups is 1. The van der Waals surface area contributed by atoms with Crippen LogP contribution in [0, 0.1) is 16.0 Å². The quantitative estimate of drug-likeness (QED) is 0.109. The zero-order valence-corrected chi connectivity index (χ0v) is 20.8. The van der Waals surface area contributed by atoms with Crippen molar-refractivity contribution in [2.24, 2.45) is 5.92 Å². The molecule has 0 radical (unpaired) electrons. The Bertz CT molecular complexity index is 899. The number of carbonyl (C=O) groups is 1. The molecule has 0 heterocycles. The first-order chi connectivity index (χ1) is 14.9. The smallest absolute Gasteiger partial charge is 0.343 e. The second-order valence-electron chi connectivity index (χ2n) is 8.22. The standard InChI is InChI=1S/C24H27Br2NO4/c1-2-3-4-5-16-6-8-17(9-7-16)19-14-21(25)23(22(26)15-19)31-24(28)18-10-12-20(13-11-18)27(29)30/h10-17H,2-9H2,1H3. The van der Waals surface area contributed by atoms with E-state index in [0.717, 1.165) is 14.9 Å². The van der Waals surface area contributed by atoms with Gasteiger partial charge in [-0.1, -0.05) is 32.6 Å². The molecule has 0 N–H and O–H groups in total. The van der Waals surface area contributed by atoms with Gasteiger partial charge in [0.2, 0.25) is 0 Å². The molecule has 0 spiro atoms. The number of halogens is 2. The van der Waals surface area contributed by atoms with Crippen molar-refractivity contribution in [3.63, 3.8) is 0 Å². The SMILES string of the molecule is CCCCCC1CCC(c2cc(Br)c(OC(=O)c3ccc([N+](=O)[O-])cc3)c(Br)c2)CC1. The van der Waals surface area contributed by atoms with Crippen molar-refractivity contribution in [3.05, 3.63) is 66.6 Å². The number of esters is 1. The third kappa shape index (κ3) is 6.39. The lowest BCUT2D eigenvalue weighted by molar-refractivity contribution is -0.384.